The number of benzene rings is 1. The Kier molecular flexibility index (Phi) is 5.38. The van der Waals surface area contributed by atoms with Gasteiger partial charge in [-0.3, -0.25) is 4.90 Å². The van der Waals surface area contributed by atoms with E-state index in [0.29, 0.717) is 29.4 Å². The highest BCUT2D eigenvalue weighted by Crippen LogP contribution is 2.35. The highest BCUT2D eigenvalue weighted by Gasteiger charge is 2.36. The van der Waals surface area contributed by atoms with Crippen LogP contribution in [0.4, 0.5) is 16.2 Å². The molecule has 0 bridgehead atoms. The van der Waals surface area contributed by atoms with Crippen molar-refractivity contribution < 1.29 is 9.53 Å². The van der Waals surface area contributed by atoms with Crippen molar-refractivity contribution >= 4 is 29.1 Å². The number of nitrogens with zero attached hydrogens (tertiary/aromatic N) is 3. The van der Waals surface area contributed by atoms with Gasteiger partial charge in [-0.25, -0.2) is 4.79 Å². The van der Waals surface area contributed by atoms with Crippen LogP contribution in [0.3, 0.4) is 0 Å². The molecule has 1 aromatic rings. The van der Waals surface area contributed by atoms with Crippen molar-refractivity contribution in [2.75, 3.05) is 23.7 Å². The summed E-state index contributed by atoms with van der Waals surface area (Å²) in [6.45, 7) is 10.7. The Morgan fingerprint density at radius 1 is 1.32 bits per heavy atom. The number of hydrogen-bond acceptors (Lipinski definition) is 5. The molecule has 1 fully saturated rings. The summed E-state index contributed by atoms with van der Waals surface area (Å²) >= 11 is 6.36. The molecule has 1 heterocycles. The molecule has 1 aromatic carbocycles. The second kappa shape index (κ2) is 7.01. The number of nitriles is 1. The molecule has 0 radical (unpaired) electrons. The highest BCUT2D eigenvalue weighted by molar-refractivity contribution is 6.35. The third kappa shape index (κ3) is 4.29. The fraction of sp³-hybridized carbons (Fsp3) is 0.556. The Balaban J connectivity index is 2.24. The zero-order valence-electron chi connectivity index (χ0n) is 15.3. The van der Waals surface area contributed by atoms with Gasteiger partial charge in [0.1, 0.15) is 5.60 Å². The van der Waals surface area contributed by atoms with Crippen LogP contribution in [0.1, 0.15) is 40.2 Å². The maximum Gasteiger partial charge on any atom is 0.410 e. The Morgan fingerprint density at radius 3 is 2.36 bits per heavy atom. The van der Waals surface area contributed by atoms with Gasteiger partial charge in [-0.2, -0.15) is 5.26 Å². The first-order valence-corrected chi connectivity index (χ1v) is 8.66. The quantitative estimate of drug-likeness (QED) is 0.769. The second-order valence-electron chi connectivity index (χ2n) is 7.50. The first-order chi connectivity index (χ1) is 11.5. The van der Waals surface area contributed by atoms with Crippen LogP contribution in [0.15, 0.2) is 12.1 Å². The molecule has 2 N–H and O–H groups in total. The number of rotatable bonds is 1. The number of piperazine rings is 1. The molecular weight excluding hydrogens is 340 g/mol. The third-order valence-corrected chi connectivity index (χ3v) is 4.49. The normalized spacial score (nSPS) is 21.0. The van der Waals surface area contributed by atoms with E-state index in [9.17, 15) is 4.79 Å². The maximum absolute atomic E-state index is 12.5. The number of hydrogen-bond donors (Lipinski definition) is 1. The SMILES string of the molecule is C[C@H]1CN(c2cc(C#N)cc(N)c2Cl)C[C@H](C)N1C(=O)OC(C)(C)C. The number of halogens is 1. The molecule has 0 spiro atoms. The van der Waals surface area contributed by atoms with E-state index < -0.39 is 5.60 Å². The molecule has 0 saturated carbocycles. The van der Waals surface area contributed by atoms with E-state index in [0.717, 1.165) is 5.69 Å². The molecule has 1 aliphatic heterocycles. The minimum atomic E-state index is -0.535. The van der Waals surface area contributed by atoms with Gasteiger partial charge in [0.05, 0.1) is 40.1 Å². The average molecular weight is 365 g/mol. The summed E-state index contributed by atoms with van der Waals surface area (Å²) in [5, 5.41) is 9.60. The predicted molar refractivity (Wildman–Crippen MR) is 99.8 cm³/mol. The maximum atomic E-state index is 12.5. The molecule has 1 saturated heterocycles. The van der Waals surface area contributed by atoms with Crippen LogP contribution in [0, 0.1) is 11.3 Å². The van der Waals surface area contributed by atoms with E-state index in [1.54, 1.807) is 17.0 Å². The molecule has 2 rings (SSSR count). The number of anilines is 2. The number of amides is 1. The zero-order chi connectivity index (χ0) is 18.9. The lowest BCUT2D eigenvalue weighted by atomic mass is 10.1. The van der Waals surface area contributed by atoms with Gasteiger partial charge in [0.2, 0.25) is 0 Å². The molecule has 0 unspecified atom stereocenters. The van der Waals surface area contributed by atoms with Gasteiger partial charge in [-0.15, -0.1) is 0 Å². The Labute approximate surface area is 154 Å². The van der Waals surface area contributed by atoms with Gasteiger partial charge in [-0.05, 0) is 46.8 Å². The molecule has 1 aliphatic rings. The van der Waals surface area contributed by atoms with Gasteiger partial charge >= 0.3 is 6.09 Å². The first-order valence-electron chi connectivity index (χ1n) is 8.29. The lowest BCUT2D eigenvalue weighted by molar-refractivity contribution is 0.00566. The van der Waals surface area contributed by atoms with E-state index in [1.165, 1.54) is 0 Å². The Hall–Kier alpha value is -2.13. The molecule has 7 heteroatoms. The summed E-state index contributed by atoms with van der Waals surface area (Å²) in [5.74, 6) is 0. The third-order valence-electron chi connectivity index (χ3n) is 4.07. The summed E-state index contributed by atoms with van der Waals surface area (Å²) in [5.41, 5.74) is 6.96. The molecule has 6 nitrogen and oxygen atoms in total. The lowest BCUT2D eigenvalue weighted by Crippen LogP contribution is -2.59. The number of carbonyl (C=O) groups excluding carboxylic acids is 1. The van der Waals surface area contributed by atoms with Crippen molar-refractivity contribution in [3.63, 3.8) is 0 Å². The molecular formula is C18H25ClN4O2. The summed E-state index contributed by atoms with van der Waals surface area (Å²) in [6.07, 6.45) is -0.316. The molecule has 136 valence electrons. The predicted octanol–water partition coefficient (Wildman–Crippen LogP) is 3.63. The van der Waals surface area contributed by atoms with Gasteiger partial charge in [0, 0.05) is 13.1 Å². The van der Waals surface area contributed by atoms with Crippen LogP contribution in [-0.2, 0) is 4.74 Å². The molecule has 0 aromatic heterocycles. The largest absolute Gasteiger partial charge is 0.444 e. The van der Waals surface area contributed by atoms with Crippen molar-refractivity contribution in [2.24, 2.45) is 0 Å². The van der Waals surface area contributed by atoms with E-state index in [2.05, 4.69) is 11.0 Å². The second-order valence-corrected chi connectivity index (χ2v) is 7.88. The zero-order valence-corrected chi connectivity index (χ0v) is 16.1. The van der Waals surface area contributed by atoms with Crippen molar-refractivity contribution in [2.45, 2.75) is 52.3 Å². The number of ether oxygens (including phenoxy) is 1. The van der Waals surface area contributed by atoms with Crippen molar-refractivity contribution in [3.05, 3.63) is 22.7 Å². The number of carbonyl (C=O) groups is 1. The van der Waals surface area contributed by atoms with Gasteiger partial charge in [0.15, 0.2) is 0 Å². The molecule has 25 heavy (non-hydrogen) atoms. The Bertz CT molecular complexity index is 696. The summed E-state index contributed by atoms with van der Waals surface area (Å²) < 4.78 is 5.52. The van der Waals surface area contributed by atoms with E-state index in [4.69, 9.17) is 27.3 Å². The van der Waals surface area contributed by atoms with Crippen molar-refractivity contribution in [3.8, 4) is 6.07 Å². The number of nitrogens with two attached hydrogens (primary N) is 1. The average Bonchev–Trinajstić information content (AvgIpc) is 2.47. The van der Waals surface area contributed by atoms with Crippen LogP contribution in [-0.4, -0.2) is 41.8 Å². The van der Waals surface area contributed by atoms with E-state index in [1.807, 2.05) is 34.6 Å². The minimum absolute atomic E-state index is 0.0679. The summed E-state index contributed by atoms with van der Waals surface area (Å²) in [4.78, 5) is 16.3. The fourth-order valence-corrected chi connectivity index (χ4v) is 3.35. The van der Waals surface area contributed by atoms with Gasteiger partial charge < -0.3 is 15.4 Å². The molecule has 1 amide bonds. The fourth-order valence-electron chi connectivity index (χ4n) is 3.12. The standard InChI is InChI=1S/C18H25ClN4O2/c1-11-9-22(15-7-13(8-20)6-14(21)16(15)19)10-12(2)23(11)17(24)25-18(3,4)5/h6-7,11-12H,9-10,21H2,1-5H3/t11-,12-/m0/s1. The van der Waals surface area contributed by atoms with Crippen LogP contribution in [0.25, 0.3) is 0 Å². The first kappa shape index (κ1) is 19.2. The van der Waals surface area contributed by atoms with E-state index >= 15 is 0 Å². The summed E-state index contributed by atoms with van der Waals surface area (Å²) in [6, 6.07) is 5.27. The van der Waals surface area contributed by atoms with Crippen LogP contribution in [0.2, 0.25) is 5.02 Å². The van der Waals surface area contributed by atoms with Crippen LogP contribution < -0.4 is 10.6 Å². The smallest absolute Gasteiger partial charge is 0.410 e. The Morgan fingerprint density at radius 2 is 1.88 bits per heavy atom. The van der Waals surface area contributed by atoms with Crippen LogP contribution >= 0.6 is 11.6 Å². The van der Waals surface area contributed by atoms with Gasteiger partial charge in [0.25, 0.3) is 0 Å². The number of nitrogen functional groups attached to an aromatic ring is 1. The highest BCUT2D eigenvalue weighted by atomic mass is 35.5. The summed E-state index contributed by atoms with van der Waals surface area (Å²) in [7, 11) is 0. The van der Waals surface area contributed by atoms with Crippen molar-refractivity contribution in [1.82, 2.24) is 4.90 Å². The van der Waals surface area contributed by atoms with E-state index in [-0.39, 0.29) is 18.2 Å². The molecule has 0 aliphatic carbocycles. The van der Waals surface area contributed by atoms with Crippen LogP contribution in [0.5, 0.6) is 0 Å². The lowest BCUT2D eigenvalue weighted by Gasteiger charge is -2.45. The minimum Gasteiger partial charge on any atom is -0.444 e. The van der Waals surface area contributed by atoms with Gasteiger partial charge in [-0.1, -0.05) is 11.6 Å². The molecule has 2 atom stereocenters. The van der Waals surface area contributed by atoms with Crippen molar-refractivity contribution in [1.29, 1.82) is 5.26 Å². The topological polar surface area (TPSA) is 82.6 Å². The monoisotopic (exact) mass is 364 g/mol.